The molecule has 0 unspecified atom stereocenters. The van der Waals surface area contributed by atoms with Gasteiger partial charge >= 0.3 is 0 Å². The molecule has 0 spiro atoms. The topological polar surface area (TPSA) is 18.5 Å². The van der Waals surface area contributed by atoms with E-state index >= 15 is 0 Å². The third kappa shape index (κ3) is 5.26. The first-order valence-electron chi connectivity index (χ1n) is 8.20. The number of ether oxygens (including phenoxy) is 2. The van der Waals surface area contributed by atoms with Crippen LogP contribution in [-0.2, 0) is 9.47 Å². The molecule has 2 rings (SSSR count). The van der Waals surface area contributed by atoms with Gasteiger partial charge in [-0.1, -0.05) is 81.1 Å². The molecule has 0 aliphatic heterocycles. The highest BCUT2D eigenvalue weighted by atomic mass is 16.5. The average molecular weight is 310 g/mol. The largest absolute Gasteiger partial charge is 0.491 e. The Morgan fingerprint density at radius 3 is 1.87 bits per heavy atom. The fraction of sp³-hybridized carbons (Fsp3) is 0.333. The van der Waals surface area contributed by atoms with Gasteiger partial charge in [0.1, 0.15) is 6.10 Å². The van der Waals surface area contributed by atoms with E-state index in [0.29, 0.717) is 12.5 Å². The number of rotatable bonds is 9. The zero-order valence-electron chi connectivity index (χ0n) is 14.0. The molecule has 2 atom stereocenters. The van der Waals surface area contributed by atoms with Crippen molar-refractivity contribution in [2.75, 3.05) is 6.61 Å². The summed E-state index contributed by atoms with van der Waals surface area (Å²) in [7, 11) is 0. The Balaban J connectivity index is 2.27. The lowest BCUT2D eigenvalue weighted by Crippen LogP contribution is -2.17. The van der Waals surface area contributed by atoms with Crippen molar-refractivity contribution in [1.82, 2.24) is 0 Å². The summed E-state index contributed by atoms with van der Waals surface area (Å²) in [5, 5.41) is 0. The van der Waals surface area contributed by atoms with Gasteiger partial charge in [0, 0.05) is 6.61 Å². The van der Waals surface area contributed by atoms with Crippen molar-refractivity contribution in [2.24, 2.45) is 5.92 Å². The van der Waals surface area contributed by atoms with Crippen LogP contribution in [0.15, 0.2) is 73.5 Å². The molecule has 2 nitrogen and oxygen atoms in total. The maximum absolute atomic E-state index is 6.24. The van der Waals surface area contributed by atoms with Crippen LogP contribution in [0.1, 0.15) is 43.6 Å². The molecule has 0 aromatic heterocycles. The molecule has 2 aromatic rings. The van der Waals surface area contributed by atoms with Crippen LogP contribution in [0.3, 0.4) is 0 Å². The van der Waals surface area contributed by atoms with Gasteiger partial charge in [-0.25, -0.2) is 0 Å². The number of hydrogen-bond acceptors (Lipinski definition) is 2. The molecule has 23 heavy (non-hydrogen) atoms. The Bertz CT molecular complexity index is 563. The summed E-state index contributed by atoms with van der Waals surface area (Å²) < 4.78 is 12.1. The molecule has 0 N–H and O–H groups in total. The van der Waals surface area contributed by atoms with Gasteiger partial charge in [-0.05, 0) is 23.5 Å². The maximum Gasteiger partial charge on any atom is 0.153 e. The van der Waals surface area contributed by atoms with E-state index in [1.54, 1.807) is 0 Å². The van der Waals surface area contributed by atoms with Crippen molar-refractivity contribution in [1.29, 1.82) is 0 Å². The van der Waals surface area contributed by atoms with Crippen LogP contribution in [0.4, 0.5) is 0 Å². The lowest BCUT2D eigenvalue weighted by Gasteiger charge is -2.28. The number of hydrogen-bond donors (Lipinski definition) is 0. The average Bonchev–Trinajstić information content (AvgIpc) is 2.58. The predicted octanol–water partition coefficient (Wildman–Crippen LogP) is 5.69. The predicted molar refractivity (Wildman–Crippen MR) is 95.1 cm³/mol. The van der Waals surface area contributed by atoms with E-state index in [0.717, 1.165) is 17.5 Å². The maximum atomic E-state index is 6.24. The van der Waals surface area contributed by atoms with E-state index < -0.39 is 0 Å². The lowest BCUT2D eigenvalue weighted by atomic mass is 9.98. The van der Waals surface area contributed by atoms with Crippen molar-refractivity contribution >= 4 is 0 Å². The van der Waals surface area contributed by atoms with Crippen LogP contribution < -0.4 is 0 Å². The Morgan fingerprint density at radius 2 is 1.39 bits per heavy atom. The fourth-order valence-electron chi connectivity index (χ4n) is 2.50. The second-order valence-corrected chi connectivity index (χ2v) is 6.02. The van der Waals surface area contributed by atoms with Crippen molar-refractivity contribution < 1.29 is 9.47 Å². The molecule has 0 saturated heterocycles. The highest BCUT2D eigenvalue weighted by Gasteiger charge is 2.26. The molecule has 2 aromatic carbocycles. The minimum atomic E-state index is -0.205. The van der Waals surface area contributed by atoms with Crippen LogP contribution in [0.2, 0.25) is 0 Å². The van der Waals surface area contributed by atoms with Crippen LogP contribution in [0.25, 0.3) is 0 Å². The molecule has 0 amide bonds. The Kier molecular flexibility index (Phi) is 6.89. The fourth-order valence-corrected chi connectivity index (χ4v) is 2.50. The van der Waals surface area contributed by atoms with Crippen molar-refractivity contribution in [3.05, 3.63) is 84.6 Å². The first-order valence-corrected chi connectivity index (χ1v) is 8.20. The van der Waals surface area contributed by atoms with Gasteiger partial charge in [-0.2, -0.15) is 0 Å². The van der Waals surface area contributed by atoms with Gasteiger partial charge in [-0.15, -0.1) is 0 Å². The monoisotopic (exact) mass is 310 g/mol. The third-order valence-electron chi connectivity index (χ3n) is 3.77. The lowest BCUT2D eigenvalue weighted by molar-refractivity contribution is -0.0499. The molecule has 0 radical (unpaired) electrons. The molecule has 0 saturated carbocycles. The first-order chi connectivity index (χ1) is 11.2. The van der Waals surface area contributed by atoms with E-state index in [-0.39, 0.29) is 12.2 Å². The molecule has 2 heteroatoms. The van der Waals surface area contributed by atoms with Gasteiger partial charge in [0.15, 0.2) is 6.10 Å². The standard InChI is InChI=1S/C21H26O2/c1-4-22-20(18-11-7-5-8-12-18)21(23-16-15-17(2)3)19-13-9-6-10-14-19/h4-14,17,20-21H,1,15-16H2,2-3H3/t20-,21+/m1/s1. The van der Waals surface area contributed by atoms with Gasteiger partial charge in [-0.3, -0.25) is 0 Å². The SMILES string of the molecule is C=CO[C@H](c1ccccc1)[C@@H](OCCC(C)C)c1ccccc1. The van der Waals surface area contributed by atoms with Crippen LogP contribution >= 0.6 is 0 Å². The van der Waals surface area contributed by atoms with Gasteiger partial charge in [0.05, 0.1) is 6.26 Å². The molecule has 122 valence electrons. The van der Waals surface area contributed by atoms with E-state index in [1.807, 2.05) is 36.4 Å². The van der Waals surface area contributed by atoms with Gasteiger partial charge < -0.3 is 9.47 Å². The summed E-state index contributed by atoms with van der Waals surface area (Å²) in [6, 6.07) is 20.4. The normalized spacial score (nSPS) is 13.5. The quantitative estimate of drug-likeness (QED) is 0.554. The molecule has 0 heterocycles. The summed E-state index contributed by atoms with van der Waals surface area (Å²) in [5.41, 5.74) is 2.21. The molecule has 0 aliphatic carbocycles. The summed E-state index contributed by atoms with van der Waals surface area (Å²) >= 11 is 0. The van der Waals surface area contributed by atoms with Gasteiger partial charge in [0.25, 0.3) is 0 Å². The van der Waals surface area contributed by atoms with E-state index in [1.165, 1.54) is 6.26 Å². The highest BCUT2D eigenvalue weighted by molar-refractivity contribution is 5.25. The van der Waals surface area contributed by atoms with Crippen molar-refractivity contribution in [3.63, 3.8) is 0 Å². The number of benzene rings is 2. The van der Waals surface area contributed by atoms with Crippen molar-refractivity contribution in [2.45, 2.75) is 32.5 Å². The third-order valence-corrected chi connectivity index (χ3v) is 3.77. The summed E-state index contributed by atoms with van der Waals surface area (Å²) in [4.78, 5) is 0. The Labute approximate surface area is 139 Å². The molecule has 0 fully saturated rings. The second kappa shape index (κ2) is 9.16. The first kappa shape index (κ1) is 17.3. The smallest absolute Gasteiger partial charge is 0.153 e. The second-order valence-electron chi connectivity index (χ2n) is 6.02. The molecule has 0 bridgehead atoms. The highest BCUT2D eigenvalue weighted by Crippen LogP contribution is 2.35. The molecular formula is C21H26O2. The van der Waals surface area contributed by atoms with Crippen LogP contribution in [-0.4, -0.2) is 6.61 Å². The summed E-state index contributed by atoms with van der Waals surface area (Å²) in [6.07, 6.45) is 2.16. The van der Waals surface area contributed by atoms with Crippen LogP contribution in [0, 0.1) is 5.92 Å². The van der Waals surface area contributed by atoms with Gasteiger partial charge in [0.2, 0.25) is 0 Å². The van der Waals surface area contributed by atoms with E-state index in [4.69, 9.17) is 9.47 Å². The zero-order valence-corrected chi connectivity index (χ0v) is 14.0. The van der Waals surface area contributed by atoms with E-state index in [2.05, 4.69) is 44.7 Å². The zero-order chi connectivity index (χ0) is 16.5. The Morgan fingerprint density at radius 1 is 0.870 bits per heavy atom. The summed E-state index contributed by atoms with van der Waals surface area (Å²) in [6.45, 7) is 8.85. The summed E-state index contributed by atoms with van der Waals surface area (Å²) in [5.74, 6) is 0.613. The minimum Gasteiger partial charge on any atom is -0.491 e. The molecule has 0 aliphatic rings. The minimum absolute atomic E-state index is 0.157. The van der Waals surface area contributed by atoms with Crippen LogP contribution in [0.5, 0.6) is 0 Å². The Hall–Kier alpha value is -2.06. The van der Waals surface area contributed by atoms with Crippen molar-refractivity contribution in [3.8, 4) is 0 Å². The molecular weight excluding hydrogens is 284 g/mol. The van der Waals surface area contributed by atoms with E-state index in [9.17, 15) is 0 Å².